The largest absolute Gasteiger partial charge is 0.369 e. The number of aromatic amines is 1. The third kappa shape index (κ3) is 5.01. The van der Waals surface area contributed by atoms with Crippen molar-refractivity contribution in [1.29, 1.82) is 0 Å². The molecule has 1 heterocycles. The number of anilines is 1. The summed E-state index contributed by atoms with van der Waals surface area (Å²) in [5.74, 6) is 0.108. The molecule has 1 amide bonds. The topological polar surface area (TPSA) is 82.3 Å². The summed E-state index contributed by atoms with van der Waals surface area (Å²) in [6, 6.07) is 6.08. The first-order valence-electron chi connectivity index (χ1n) is 11.3. The minimum atomic E-state index is -0.221. The molecule has 0 radical (unpaired) electrons. The summed E-state index contributed by atoms with van der Waals surface area (Å²) in [6.45, 7) is 12.6. The van der Waals surface area contributed by atoms with Crippen molar-refractivity contribution in [2.45, 2.75) is 66.0 Å². The predicted octanol–water partition coefficient (Wildman–Crippen LogP) is 4.21. The molecule has 0 bridgehead atoms. The van der Waals surface area contributed by atoms with Gasteiger partial charge >= 0.3 is 0 Å². The lowest BCUT2D eigenvalue weighted by molar-refractivity contribution is -0.120. The lowest BCUT2D eigenvalue weighted by Crippen LogP contribution is -2.39. The fourth-order valence-electron chi connectivity index (χ4n) is 4.60. The van der Waals surface area contributed by atoms with E-state index in [9.17, 15) is 14.4 Å². The fraction of sp³-hybridized carbons (Fsp3) is 0.423. The summed E-state index contributed by atoms with van der Waals surface area (Å²) in [5, 5.41) is 2.92. The molecule has 170 valence electrons. The van der Waals surface area contributed by atoms with Crippen molar-refractivity contribution < 1.29 is 9.59 Å². The Morgan fingerprint density at radius 3 is 2.47 bits per heavy atom. The van der Waals surface area contributed by atoms with Crippen molar-refractivity contribution in [3.8, 4) is 0 Å². The summed E-state index contributed by atoms with van der Waals surface area (Å²) in [6.07, 6.45) is 4.63. The highest BCUT2D eigenvalue weighted by Gasteiger charge is 2.26. The monoisotopic (exact) mass is 435 g/mol. The molecule has 32 heavy (non-hydrogen) atoms. The van der Waals surface area contributed by atoms with Crippen LogP contribution in [0.5, 0.6) is 0 Å². The van der Waals surface area contributed by atoms with Crippen LogP contribution in [0.2, 0.25) is 0 Å². The first kappa shape index (κ1) is 23.5. The molecule has 1 saturated carbocycles. The number of aromatic nitrogens is 1. The number of carbonyl (C=O) groups excluding carboxylic acids is 2. The molecule has 0 unspecified atom stereocenters. The van der Waals surface area contributed by atoms with E-state index in [1.54, 1.807) is 6.08 Å². The number of benzene rings is 1. The van der Waals surface area contributed by atoms with Gasteiger partial charge in [0, 0.05) is 54.5 Å². The maximum Gasteiger partial charge on any atom is 0.253 e. The fourth-order valence-corrected chi connectivity index (χ4v) is 4.60. The van der Waals surface area contributed by atoms with Crippen LogP contribution >= 0.6 is 0 Å². The molecule has 0 atom stereocenters. The molecule has 3 rings (SSSR count). The molecule has 0 spiro atoms. The van der Waals surface area contributed by atoms with Crippen molar-refractivity contribution in [3.63, 3.8) is 0 Å². The van der Waals surface area contributed by atoms with Gasteiger partial charge in [0.05, 0.1) is 0 Å². The number of H-pyrrole nitrogens is 1. The number of nitrogens with zero attached hydrogens (tertiary/aromatic N) is 1. The minimum Gasteiger partial charge on any atom is -0.369 e. The van der Waals surface area contributed by atoms with Crippen molar-refractivity contribution in [3.05, 3.63) is 68.6 Å². The Hall–Kier alpha value is -3.15. The first-order chi connectivity index (χ1) is 15.2. The minimum absolute atomic E-state index is 0.162. The van der Waals surface area contributed by atoms with E-state index in [1.807, 2.05) is 32.9 Å². The van der Waals surface area contributed by atoms with Crippen LogP contribution in [0.1, 0.15) is 70.9 Å². The molecule has 0 aliphatic heterocycles. The Balaban J connectivity index is 1.89. The Morgan fingerprint density at radius 2 is 1.88 bits per heavy atom. The van der Waals surface area contributed by atoms with Gasteiger partial charge < -0.3 is 15.2 Å². The van der Waals surface area contributed by atoms with E-state index < -0.39 is 0 Å². The molecular formula is C26H33N3O3. The number of hydrogen-bond donors (Lipinski definition) is 2. The molecule has 1 aromatic heterocycles. The highest BCUT2D eigenvalue weighted by Crippen LogP contribution is 2.31. The van der Waals surface area contributed by atoms with Crippen LogP contribution in [0.25, 0.3) is 6.08 Å². The van der Waals surface area contributed by atoms with Gasteiger partial charge in [-0.2, -0.15) is 0 Å². The number of pyridine rings is 1. The van der Waals surface area contributed by atoms with E-state index in [-0.39, 0.29) is 24.1 Å². The van der Waals surface area contributed by atoms with E-state index in [0.717, 1.165) is 47.5 Å². The van der Waals surface area contributed by atoms with Gasteiger partial charge in [-0.1, -0.05) is 12.7 Å². The molecule has 1 aliphatic carbocycles. The second-order valence-corrected chi connectivity index (χ2v) is 8.60. The second-order valence-electron chi connectivity index (χ2n) is 8.60. The summed E-state index contributed by atoms with van der Waals surface area (Å²) < 4.78 is 0. The van der Waals surface area contributed by atoms with Gasteiger partial charge in [0.1, 0.15) is 5.78 Å². The van der Waals surface area contributed by atoms with E-state index in [0.29, 0.717) is 29.8 Å². The molecule has 6 heteroatoms. The average molecular weight is 436 g/mol. The Kier molecular flexibility index (Phi) is 7.33. The maximum absolute atomic E-state index is 13.2. The Bertz CT molecular complexity index is 1090. The average Bonchev–Trinajstić information content (AvgIpc) is 2.75. The Labute approximate surface area is 189 Å². The van der Waals surface area contributed by atoms with E-state index in [2.05, 4.69) is 34.8 Å². The van der Waals surface area contributed by atoms with E-state index in [4.69, 9.17) is 0 Å². The molecular weight excluding hydrogens is 402 g/mol. The highest BCUT2D eigenvalue weighted by molar-refractivity contribution is 5.98. The van der Waals surface area contributed by atoms with Crippen LogP contribution in [0.4, 0.5) is 5.69 Å². The normalized spacial score (nSPS) is 14.3. The van der Waals surface area contributed by atoms with Crippen LogP contribution in [0.3, 0.4) is 0 Å². The predicted molar refractivity (Wildman–Crippen MR) is 129 cm³/mol. The smallest absolute Gasteiger partial charge is 0.253 e. The third-order valence-corrected chi connectivity index (χ3v) is 6.41. The quantitative estimate of drug-likeness (QED) is 0.683. The number of aryl methyl sites for hydroxylation is 2. The van der Waals surface area contributed by atoms with Gasteiger partial charge in [-0.25, -0.2) is 0 Å². The first-order valence-corrected chi connectivity index (χ1v) is 11.3. The van der Waals surface area contributed by atoms with Crippen LogP contribution in [0, 0.1) is 20.8 Å². The van der Waals surface area contributed by atoms with Crippen molar-refractivity contribution in [1.82, 2.24) is 10.3 Å². The molecule has 6 nitrogen and oxygen atoms in total. The zero-order chi connectivity index (χ0) is 23.4. The molecule has 2 aromatic rings. The zero-order valence-electron chi connectivity index (χ0n) is 19.5. The Morgan fingerprint density at radius 1 is 1.19 bits per heavy atom. The van der Waals surface area contributed by atoms with Gasteiger partial charge in [0.2, 0.25) is 0 Å². The zero-order valence-corrected chi connectivity index (χ0v) is 19.5. The van der Waals surface area contributed by atoms with Crippen molar-refractivity contribution in [2.24, 2.45) is 0 Å². The molecule has 0 saturated heterocycles. The van der Waals surface area contributed by atoms with Crippen LogP contribution < -0.4 is 15.8 Å². The van der Waals surface area contributed by atoms with E-state index >= 15 is 0 Å². The van der Waals surface area contributed by atoms with Crippen LogP contribution in [-0.2, 0) is 11.3 Å². The summed E-state index contributed by atoms with van der Waals surface area (Å²) in [5.41, 5.74) is 5.36. The number of carbonyl (C=O) groups is 2. The SMILES string of the molecule is C=Cc1cc(C(=O)NCc2c(C)cc(C)[nH]c2=O)c(C)c(N(CC)C2CCC(=O)CC2)c1. The molecule has 2 N–H and O–H groups in total. The number of amides is 1. The number of Topliss-reactive ketones (excluding diaryl/α,β-unsaturated/α-hetero) is 1. The van der Waals surface area contributed by atoms with Gasteiger partial charge in [-0.05, 0) is 75.4 Å². The maximum atomic E-state index is 13.2. The van der Waals surface area contributed by atoms with Gasteiger partial charge in [-0.15, -0.1) is 0 Å². The standard InChI is InChI=1S/C26H33N3O3/c1-6-19-13-22(25(31)27-15-23-16(3)12-17(4)28-26(23)32)18(5)24(14-19)29(7-2)20-8-10-21(30)11-9-20/h6,12-14,20H,1,7-11,15H2,2-5H3,(H,27,31)(H,28,32). The summed E-state index contributed by atoms with van der Waals surface area (Å²) in [4.78, 5) is 42.3. The molecule has 1 aliphatic rings. The number of nitrogens with one attached hydrogen (secondary N) is 2. The molecule has 1 fully saturated rings. The highest BCUT2D eigenvalue weighted by atomic mass is 16.2. The lowest BCUT2D eigenvalue weighted by Gasteiger charge is -2.36. The summed E-state index contributed by atoms with van der Waals surface area (Å²) >= 11 is 0. The van der Waals surface area contributed by atoms with E-state index in [1.165, 1.54) is 0 Å². The van der Waals surface area contributed by atoms with Crippen molar-refractivity contribution >= 4 is 23.5 Å². The van der Waals surface area contributed by atoms with Crippen molar-refractivity contribution in [2.75, 3.05) is 11.4 Å². The second kappa shape index (κ2) is 9.98. The van der Waals surface area contributed by atoms with Gasteiger partial charge in [-0.3, -0.25) is 14.4 Å². The number of rotatable bonds is 7. The van der Waals surface area contributed by atoms with Crippen LogP contribution in [0.15, 0.2) is 29.6 Å². The molecule has 1 aromatic carbocycles. The number of hydrogen-bond acceptors (Lipinski definition) is 4. The van der Waals surface area contributed by atoms with Gasteiger partial charge in [0.25, 0.3) is 11.5 Å². The lowest BCUT2D eigenvalue weighted by atomic mass is 9.91. The number of ketones is 1. The summed E-state index contributed by atoms with van der Waals surface area (Å²) in [7, 11) is 0. The van der Waals surface area contributed by atoms with Gasteiger partial charge in [0.15, 0.2) is 0 Å². The van der Waals surface area contributed by atoms with Crippen LogP contribution in [-0.4, -0.2) is 29.3 Å². The third-order valence-electron chi connectivity index (χ3n) is 6.41.